The van der Waals surface area contributed by atoms with E-state index in [0.717, 1.165) is 35.7 Å². The van der Waals surface area contributed by atoms with Crippen LogP contribution in [0.1, 0.15) is 6.92 Å². The minimum absolute atomic E-state index is 0.566. The van der Waals surface area contributed by atoms with Gasteiger partial charge in [0.15, 0.2) is 0 Å². The molecule has 9 heteroatoms. The van der Waals surface area contributed by atoms with E-state index in [4.69, 9.17) is 4.74 Å². The van der Waals surface area contributed by atoms with Gasteiger partial charge in [-0.1, -0.05) is 11.3 Å². The zero-order valence-corrected chi connectivity index (χ0v) is 18.1. The SMILES string of the molecule is CCN(CCn1cc[n+](C)c1)c1ccc(N=Nc2nc3ccc(OC)nc3s2)cc1. The molecule has 3 heterocycles. The van der Waals surface area contributed by atoms with Gasteiger partial charge in [-0.25, -0.2) is 19.1 Å². The molecule has 0 N–H and O–H groups in total. The monoisotopic (exact) mass is 422 g/mol. The van der Waals surface area contributed by atoms with Crippen molar-refractivity contribution in [3.05, 3.63) is 55.1 Å². The highest BCUT2D eigenvalue weighted by molar-refractivity contribution is 7.21. The number of likely N-dealkylation sites (N-methyl/N-ethyl adjacent to an activating group) is 1. The van der Waals surface area contributed by atoms with E-state index < -0.39 is 0 Å². The van der Waals surface area contributed by atoms with Crippen molar-refractivity contribution >= 4 is 38.2 Å². The number of aryl methyl sites for hydroxylation is 1. The third-order valence-electron chi connectivity index (χ3n) is 4.73. The average Bonchev–Trinajstić information content (AvgIpc) is 3.38. The number of rotatable bonds is 8. The Morgan fingerprint density at radius 2 is 1.97 bits per heavy atom. The fourth-order valence-corrected chi connectivity index (χ4v) is 3.87. The van der Waals surface area contributed by atoms with Gasteiger partial charge in [0.05, 0.1) is 26.4 Å². The smallest absolute Gasteiger partial charge is 0.243 e. The molecule has 0 fully saturated rings. The van der Waals surface area contributed by atoms with E-state index in [2.05, 4.69) is 61.2 Å². The normalized spacial score (nSPS) is 11.4. The molecule has 0 aliphatic carbocycles. The summed E-state index contributed by atoms with van der Waals surface area (Å²) >= 11 is 1.39. The molecular formula is C21H24N7OS+. The van der Waals surface area contributed by atoms with Crippen molar-refractivity contribution in [2.75, 3.05) is 25.1 Å². The molecule has 0 saturated carbocycles. The standard InChI is InChI=1S/C21H24N7OS/c1-4-28(14-13-27-12-11-26(2)15-27)17-7-5-16(6-8-17)24-25-21-22-18-9-10-19(29-3)23-20(18)30-21/h5-12,15H,4,13-14H2,1-3H3/q+1. The van der Waals surface area contributed by atoms with Crippen LogP contribution < -0.4 is 14.2 Å². The minimum atomic E-state index is 0.566. The third-order valence-corrected chi connectivity index (χ3v) is 5.58. The molecule has 0 atom stereocenters. The number of ether oxygens (including phenoxy) is 1. The Bertz CT molecular complexity index is 1150. The molecule has 4 aromatic rings. The molecular weight excluding hydrogens is 398 g/mol. The summed E-state index contributed by atoms with van der Waals surface area (Å²) in [5.41, 5.74) is 2.75. The third kappa shape index (κ3) is 4.62. The van der Waals surface area contributed by atoms with Crippen LogP contribution in [0.5, 0.6) is 5.88 Å². The fraction of sp³-hybridized carbons (Fsp3) is 0.286. The number of thiazole rings is 1. The van der Waals surface area contributed by atoms with Crippen LogP contribution in [0.25, 0.3) is 10.3 Å². The first-order chi connectivity index (χ1) is 14.6. The molecule has 8 nitrogen and oxygen atoms in total. The summed E-state index contributed by atoms with van der Waals surface area (Å²) in [6.45, 7) is 4.98. The highest BCUT2D eigenvalue weighted by atomic mass is 32.1. The number of azo groups is 1. The van der Waals surface area contributed by atoms with Crippen molar-refractivity contribution in [1.29, 1.82) is 0 Å². The maximum Gasteiger partial charge on any atom is 0.243 e. The molecule has 3 aromatic heterocycles. The summed E-state index contributed by atoms with van der Waals surface area (Å²) in [6, 6.07) is 11.8. The second kappa shape index (κ2) is 9.00. The molecule has 4 rings (SSSR count). The van der Waals surface area contributed by atoms with Gasteiger partial charge in [0.1, 0.15) is 29.3 Å². The molecule has 0 radical (unpaired) electrons. The van der Waals surface area contributed by atoms with E-state index in [0.29, 0.717) is 11.0 Å². The number of benzene rings is 1. The Morgan fingerprint density at radius 1 is 1.13 bits per heavy atom. The van der Waals surface area contributed by atoms with Crippen LogP contribution in [0.15, 0.2) is 65.3 Å². The Hall–Kier alpha value is -3.33. The number of imidazole rings is 1. The molecule has 0 spiro atoms. The van der Waals surface area contributed by atoms with Crippen molar-refractivity contribution in [3.8, 4) is 5.88 Å². The Labute approximate surface area is 179 Å². The first-order valence-corrected chi connectivity index (χ1v) is 10.6. The van der Waals surface area contributed by atoms with Crippen molar-refractivity contribution in [2.45, 2.75) is 13.5 Å². The van der Waals surface area contributed by atoms with E-state index in [1.165, 1.54) is 17.0 Å². The minimum Gasteiger partial charge on any atom is -0.481 e. The first kappa shape index (κ1) is 20.0. The van der Waals surface area contributed by atoms with Gasteiger partial charge in [0.2, 0.25) is 17.3 Å². The van der Waals surface area contributed by atoms with Crippen LogP contribution in [0.2, 0.25) is 0 Å². The lowest BCUT2D eigenvalue weighted by atomic mass is 10.2. The lowest BCUT2D eigenvalue weighted by Gasteiger charge is -2.22. The van der Waals surface area contributed by atoms with Gasteiger partial charge < -0.3 is 9.64 Å². The average molecular weight is 423 g/mol. The molecule has 0 unspecified atom stereocenters. The highest BCUT2D eigenvalue weighted by Gasteiger charge is 2.08. The van der Waals surface area contributed by atoms with Crippen LogP contribution in [0, 0.1) is 0 Å². The van der Waals surface area contributed by atoms with Crippen LogP contribution in [0.4, 0.5) is 16.5 Å². The number of hydrogen-bond acceptors (Lipinski definition) is 7. The maximum atomic E-state index is 5.15. The largest absolute Gasteiger partial charge is 0.481 e. The number of pyridine rings is 1. The predicted octanol–water partition coefficient (Wildman–Crippen LogP) is 4.27. The van der Waals surface area contributed by atoms with Gasteiger partial charge in [0.25, 0.3) is 0 Å². The van der Waals surface area contributed by atoms with Crippen LogP contribution in [-0.4, -0.2) is 34.7 Å². The lowest BCUT2D eigenvalue weighted by molar-refractivity contribution is -0.671. The molecule has 0 amide bonds. The second-order valence-corrected chi connectivity index (χ2v) is 7.74. The van der Waals surface area contributed by atoms with Crippen LogP contribution >= 0.6 is 11.3 Å². The summed E-state index contributed by atoms with van der Waals surface area (Å²) < 4.78 is 9.39. The van der Waals surface area contributed by atoms with Crippen molar-refractivity contribution < 1.29 is 9.30 Å². The maximum absolute atomic E-state index is 5.15. The number of hydrogen-bond donors (Lipinski definition) is 0. The molecule has 30 heavy (non-hydrogen) atoms. The van der Waals surface area contributed by atoms with Gasteiger partial charge in [-0.05, 0) is 37.3 Å². The van der Waals surface area contributed by atoms with E-state index in [1.807, 2.05) is 36.0 Å². The summed E-state index contributed by atoms with van der Waals surface area (Å²) in [5.74, 6) is 0.566. The van der Waals surface area contributed by atoms with Gasteiger partial charge in [0, 0.05) is 18.3 Å². The van der Waals surface area contributed by atoms with Gasteiger partial charge in [-0.3, -0.25) is 0 Å². The van der Waals surface area contributed by atoms with Gasteiger partial charge in [-0.2, -0.15) is 0 Å². The fourth-order valence-electron chi connectivity index (χ4n) is 3.12. The Morgan fingerprint density at radius 3 is 2.67 bits per heavy atom. The topological polar surface area (TPSA) is 71.8 Å². The molecule has 0 aliphatic heterocycles. The summed E-state index contributed by atoms with van der Waals surface area (Å²) in [6.07, 6.45) is 6.23. The summed E-state index contributed by atoms with van der Waals surface area (Å²) in [4.78, 5) is 11.9. The Kier molecular flexibility index (Phi) is 5.99. The first-order valence-electron chi connectivity index (χ1n) is 9.74. The van der Waals surface area contributed by atoms with E-state index >= 15 is 0 Å². The van der Waals surface area contributed by atoms with Crippen molar-refractivity contribution in [1.82, 2.24) is 14.5 Å². The number of fused-ring (bicyclic) bond motifs is 1. The van der Waals surface area contributed by atoms with E-state index in [-0.39, 0.29) is 0 Å². The van der Waals surface area contributed by atoms with Crippen molar-refractivity contribution in [3.63, 3.8) is 0 Å². The number of aromatic nitrogens is 4. The molecule has 0 bridgehead atoms. The van der Waals surface area contributed by atoms with E-state index in [1.54, 1.807) is 13.2 Å². The second-order valence-electron chi connectivity index (χ2n) is 6.79. The number of anilines is 1. The molecule has 0 saturated heterocycles. The predicted molar refractivity (Wildman–Crippen MR) is 118 cm³/mol. The summed E-state index contributed by atoms with van der Waals surface area (Å²) in [7, 11) is 3.63. The molecule has 154 valence electrons. The van der Waals surface area contributed by atoms with Crippen LogP contribution in [0.3, 0.4) is 0 Å². The quantitative estimate of drug-likeness (QED) is 0.314. The van der Waals surface area contributed by atoms with Gasteiger partial charge in [-0.15, -0.1) is 10.2 Å². The number of nitrogens with zero attached hydrogens (tertiary/aromatic N) is 7. The van der Waals surface area contributed by atoms with Gasteiger partial charge >= 0.3 is 0 Å². The number of methoxy groups -OCH3 is 1. The Balaban J connectivity index is 1.42. The molecule has 1 aromatic carbocycles. The lowest BCUT2D eigenvalue weighted by Crippen LogP contribution is -2.28. The zero-order chi connectivity index (χ0) is 20.9. The summed E-state index contributed by atoms with van der Waals surface area (Å²) in [5, 5.41) is 9.17. The van der Waals surface area contributed by atoms with Crippen molar-refractivity contribution in [2.24, 2.45) is 17.3 Å². The molecule has 0 aliphatic rings. The highest BCUT2D eigenvalue weighted by Crippen LogP contribution is 2.29. The van der Waals surface area contributed by atoms with Crippen LogP contribution in [-0.2, 0) is 13.6 Å². The zero-order valence-electron chi connectivity index (χ0n) is 17.3. The van der Waals surface area contributed by atoms with E-state index in [9.17, 15) is 0 Å².